The Morgan fingerprint density at radius 3 is 2.50 bits per heavy atom. The fourth-order valence-corrected chi connectivity index (χ4v) is 3.57. The number of ether oxygens (including phenoxy) is 1. The maximum atomic E-state index is 5.58. The Kier molecular flexibility index (Phi) is 6.13. The van der Waals surface area contributed by atoms with E-state index in [0.717, 1.165) is 0 Å². The molecule has 0 aliphatic carbocycles. The number of hydrogen-bond acceptors (Lipinski definition) is 1. The van der Waals surface area contributed by atoms with Crippen molar-refractivity contribution in [3.05, 3.63) is 53.3 Å². The molecule has 0 saturated carbocycles. The van der Waals surface area contributed by atoms with E-state index in [1.165, 1.54) is 17.2 Å². The van der Waals surface area contributed by atoms with Gasteiger partial charge in [-0.15, -0.1) is 5.73 Å². The SMILES string of the molecule is CC(=C=CCOCc1ccccc1)C[Si](C)(C)C. The van der Waals surface area contributed by atoms with Gasteiger partial charge < -0.3 is 4.74 Å². The van der Waals surface area contributed by atoms with Gasteiger partial charge in [0.2, 0.25) is 0 Å². The molecule has 0 N–H and O–H groups in total. The summed E-state index contributed by atoms with van der Waals surface area (Å²) in [5, 5.41) is 0. The van der Waals surface area contributed by atoms with Gasteiger partial charge in [0.15, 0.2) is 0 Å². The summed E-state index contributed by atoms with van der Waals surface area (Å²) >= 11 is 0. The Bertz CT molecular complexity index is 408. The molecular formula is C16H24OSi. The van der Waals surface area contributed by atoms with Gasteiger partial charge in [-0.1, -0.05) is 50.0 Å². The molecule has 2 heteroatoms. The summed E-state index contributed by atoms with van der Waals surface area (Å²) in [5.74, 6) is 0. The fraction of sp³-hybridized carbons (Fsp3) is 0.438. The minimum Gasteiger partial charge on any atom is -0.372 e. The van der Waals surface area contributed by atoms with Crippen molar-refractivity contribution in [2.45, 2.75) is 39.2 Å². The minimum absolute atomic E-state index is 0.637. The second-order valence-corrected chi connectivity index (χ2v) is 11.3. The van der Waals surface area contributed by atoms with Gasteiger partial charge in [0.1, 0.15) is 0 Å². The monoisotopic (exact) mass is 260 g/mol. The first-order valence-electron chi connectivity index (χ1n) is 6.50. The highest BCUT2D eigenvalue weighted by atomic mass is 28.3. The zero-order valence-corrected chi connectivity index (χ0v) is 13.0. The molecule has 0 saturated heterocycles. The van der Waals surface area contributed by atoms with Crippen molar-refractivity contribution in [3.8, 4) is 0 Å². The first-order chi connectivity index (χ1) is 8.47. The summed E-state index contributed by atoms with van der Waals surface area (Å²) < 4.78 is 5.58. The van der Waals surface area contributed by atoms with Crippen molar-refractivity contribution in [1.29, 1.82) is 0 Å². The maximum absolute atomic E-state index is 5.58. The molecule has 0 aliphatic rings. The van der Waals surface area contributed by atoms with E-state index in [-0.39, 0.29) is 0 Å². The van der Waals surface area contributed by atoms with Crippen LogP contribution in [0.2, 0.25) is 25.7 Å². The van der Waals surface area contributed by atoms with Crippen molar-refractivity contribution in [3.63, 3.8) is 0 Å². The third-order valence-corrected chi connectivity index (χ3v) is 4.05. The zero-order valence-electron chi connectivity index (χ0n) is 12.0. The lowest BCUT2D eigenvalue weighted by molar-refractivity contribution is 0.149. The summed E-state index contributed by atoms with van der Waals surface area (Å²) in [6, 6.07) is 11.5. The standard InChI is InChI=1S/C16H24OSi/c1-15(14-18(2,3)4)9-8-12-17-13-16-10-6-5-7-11-16/h5-8,10-11H,12-14H2,1-4H3. The molecule has 0 aromatic heterocycles. The van der Waals surface area contributed by atoms with E-state index in [1.54, 1.807) is 0 Å². The summed E-state index contributed by atoms with van der Waals surface area (Å²) in [6.07, 6.45) is 2.00. The molecule has 1 nitrogen and oxygen atoms in total. The summed E-state index contributed by atoms with van der Waals surface area (Å²) in [6.45, 7) is 10.6. The molecule has 0 bridgehead atoms. The molecule has 0 radical (unpaired) electrons. The largest absolute Gasteiger partial charge is 0.372 e. The molecule has 0 unspecified atom stereocenters. The quantitative estimate of drug-likeness (QED) is 0.411. The van der Waals surface area contributed by atoms with Gasteiger partial charge in [-0.2, -0.15) is 0 Å². The minimum atomic E-state index is -1.00. The van der Waals surface area contributed by atoms with Crippen LogP contribution in [-0.4, -0.2) is 14.7 Å². The molecule has 98 valence electrons. The zero-order chi connectivity index (χ0) is 13.4. The number of hydrogen-bond donors (Lipinski definition) is 0. The average molecular weight is 260 g/mol. The Hall–Kier alpha value is -1.08. The van der Waals surface area contributed by atoms with Gasteiger partial charge in [-0.05, 0) is 30.2 Å². The topological polar surface area (TPSA) is 9.23 Å². The summed E-state index contributed by atoms with van der Waals surface area (Å²) in [4.78, 5) is 0. The first-order valence-corrected chi connectivity index (χ1v) is 10.2. The molecule has 1 aromatic rings. The van der Waals surface area contributed by atoms with Crippen LogP contribution in [0.4, 0.5) is 0 Å². The average Bonchev–Trinajstić information content (AvgIpc) is 2.27. The van der Waals surface area contributed by atoms with E-state index < -0.39 is 8.07 Å². The van der Waals surface area contributed by atoms with E-state index >= 15 is 0 Å². The van der Waals surface area contributed by atoms with Crippen LogP contribution < -0.4 is 0 Å². The Morgan fingerprint density at radius 2 is 1.89 bits per heavy atom. The van der Waals surface area contributed by atoms with Crippen LogP contribution in [0.3, 0.4) is 0 Å². The van der Waals surface area contributed by atoms with Crippen LogP contribution in [0.1, 0.15) is 12.5 Å². The molecule has 0 fully saturated rings. The van der Waals surface area contributed by atoms with Crippen LogP contribution in [0, 0.1) is 0 Å². The molecule has 0 aliphatic heterocycles. The highest BCUT2D eigenvalue weighted by molar-refractivity contribution is 6.76. The van der Waals surface area contributed by atoms with Crippen LogP contribution in [0.5, 0.6) is 0 Å². The van der Waals surface area contributed by atoms with E-state index in [2.05, 4.69) is 44.4 Å². The van der Waals surface area contributed by atoms with E-state index in [9.17, 15) is 0 Å². The Balaban J connectivity index is 2.31. The van der Waals surface area contributed by atoms with Crippen LogP contribution in [0.25, 0.3) is 0 Å². The summed E-state index contributed by atoms with van der Waals surface area (Å²) in [7, 11) is -1.00. The first kappa shape index (κ1) is 15.0. The third-order valence-electron chi connectivity index (χ3n) is 2.46. The van der Waals surface area contributed by atoms with Crippen LogP contribution in [-0.2, 0) is 11.3 Å². The number of rotatable bonds is 6. The summed E-state index contributed by atoms with van der Waals surface area (Å²) in [5.41, 5.74) is 5.89. The third kappa shape index (κ3) is 7.28. The van der Waals surface area contributed by atoms with E-state index in [4.69, 9.17) is 4.74 Å². The van der Waals surface area contributed by atoms with Gasteiger partial charge in [-0.3, -0.25) is 0 Å². The second kappa shape index (κ2) is 7.37. The van der Waals surface area contributed by atoms with Crippen LogP contribution >= 0.6 is 0 Å². The molecular weight excluding hydrogens is 236 g/mol. The Morgan fingerprint density at radius 1 is 1.22 bits per heavy atom. The predicted octanol–water partition coefficient (Wildman–Crippen LogP) is 4.64. The Labute approximate surface area is 112 Å². The lowest BCUT2D eigenvalue weighted by Gasteiger charge is -2.14. The predicted molar refractivity (Wildman–Crippen MR) is 81.5 cm³/mol. The van der Waals surface area contributed by atoms with E-state index in [0.29, 0.717) is 13.2 Å². The van der Waals surface area contributed by atoms with Gasteiger partial charge in [0, 0.05) is 8.07 Å². The van der Waals surface area contributed by atoms with Crippen molar-refractivity contribution in [2.75, 3.05) is 6.61 Å². The van der Waals surface area contributed by atoms with E-state index in [1.807, 2.05) is 24.3 Å². The van der Waals surface area contributed by atoms with Gasteiger partial charge in [-0.25, -0.2) is 0 Å². The van der Waals surface area contributed by atoms with Crippen molar-refractivity contribution in [2.24, 2.45) is 0 Å². The second-order valence-electron chi connectivity index (χ2n) is 5.87. The molecule has 18 heavy (non-hydrogen) atoms. The lowest BCUT2D eigenvalue weighted by atomic mass is 10.2. The van der Waals surface area contributed by atoms with Gasteiger partial charge >= 0.3 is 0 Å². The molecule has 0 amide bonds. The normalized spacial score (nSPS) is 10.9. The molecule has 0 spiro atoms. The highest BCUT2D eigenvalue weighted by Gasteiger charge is 2.12. The number of benzene rings is 1. The molecule has 1 aromatic carbocycles. The fourth-order valence-electron chi connectivity index (χ4n) is 1.87. The molecule has 1 rings (SSSR count). The lowest BCUT2D eigenvalue weighted by Crippen LogP contribution is -2.18. The smallest absolute Gasteiger partial charge is 0.0725 e. The maximum Gasteiger partial charge on any atom is 0.0725 e. The van der Waals surface area contributed by atoms with Crippen molar-refractivity contribution in [1.82, 2.24) is 0 Å². The molecule has 0 atom stereocenters. The highest BCUT2D eigenvalue weighted by Crippen LogP contribution is 2.14. The van der Waals surface area contributed by atoms with Gasteiger partial charge in [0.25, 0.3) is 0 Å². The van der Waals surface area contributed by atoms with Crippen molar-refractivity contribution < 1.29 is 4.74 Å². The molecule has 0 heterocycles. The van der Waals surface area contributed by atoms with Crippen molar-refractivity contribution >= 4 is 8.07 Å². The van der Waals surface area contributed by atoms with Crippen LogP contribution in [0.15, 0.2) is 47.7 Å². The van der Waals surface area contributed by atoms with Gasteiger partial charge in [0.05, 0.1) is 13.2 Å².